The van der Waals surface area contributed by atoms with Crippen LogP contribution in [-0.4, -0.2) is 46.2 Å². The largest absolute Gasteiger partial charge is 0.354 e. The zero-order valence-electron chi connectivity index (χ0n) is 14.5. The van der Waals surface area contributed by atoms with E-state index >= 15 is 0 Å². The van der Waals surface area contributed by atoms with Gasteiger partial charge in [-0.15, -0.1) is 5.10 Å². The third kappa shape index (κ3) is 2.93. The van der Waals surface area contributed by atoms with Crippen LogP contribution in [-0.2, 0) is 6.54 Å². The van der Waals surface area contributed by atoms with Crippen LogP contribution in [0.25, 0.3) is 22.2 Å². The van der Waals surface area contributed by atoms with Gasteiger partial charge in [-0.25, -0.2) is 9.67 Å². The molecule has 1 saturated carbocycles. The van der Waals surface area contributed by atoms with E-state index in [4.69, 9.17) is 11.6 Å². The average molecular weight is 369 g/mol. The van der Waals surface area contributed by atoms with Crippen molar-refractivity contribution in [1.82, 2.24) is 25.3 Å². The molecule has 1 aromatic carbocycles. The van der Waals surface area contributed by atoms with Crippen molar-refractivity contribution < 1.29 is 0 Å². The summed E-state index contributed by atoms with van der Waals surface area (Å²) in [4.78, 5) is 6.85. The lowest BCUT2D eigenvalue weighted by Gasteiger charge is -2.28. The second-order valence-corrected chi connectivity index (χ2v) is 7.53. The molecule has 0 spiro atoms. The molecule has 2 aliphatic rings. The first kappa shape index (κ1) is 16.0. The molecule has 0 atom stereocenters. The molecule has 1 aliphatic heterocycles. The molecule has 0 unspecified atom stereocenters. The van der Waals surface area contributed by atoms with Crippen LogP contribution < -0.4 is 10.2 Å². The Morgan fingerprint density at radius 3 is 2.81 bits per heavy atom. The number of hydrogen-bond donors (Lipinski definition) is 1. The van der Waals surface area contributed by atoms with Crippen molar-refractivity contribution in [2.45, 2.75) is 19.4 Å². The Balaban J connectivity index is 1.51. The number of pyridine rings is 1. The van der Waals surface area contributed by atoms with Crippen LogP contribution in [0.4, 0.5) is 5.82 Å². The zero-order valence-corrected chi connectivity index (χ0v) is 15.3. The Labute approximate surface area is 157 Å². The van der Waals surface area contributed by atoms with E-state index in [0.717, 1.165) is 66.6 Å². The van der Waals surface area contributed by atoms with Gasteiger partial charge in [-0.05, 0) is 42.5 Å². The minimum absolute atomic E-state index is 0.669. The third-order valence-electron chi connectivity index (χ3n) is 5.25. The van der Waals surface area contributed by atoms with Crippen molar-refractivity contribution in [2.24, 2.45) is 5.92 Å². The van der Waals surface area contributed by atoms with E-state index in [1.54, 1.807) is 0 Å². The second-order valence-electron chi connectivity index (χ2n) is 7.15. The fourth-order valence-electron chi connectivity index (χ4n) is 3.56. The third-order valence-corrected chi connectivity index (χ3v) is 5.63. The molecule has 3 heterocycles. The standard InChI is InChI=1S/C19H21ClN6/c20-18-15(3-4-16-19(18)23-24-26(16)12-13-1-2-13)14-5-6-22-17(11-14)25-9-7-21-8-10-25/h3-6,11,13,21H,1-2,7-10,12H2. The number of fused-ring (bicyclic) bond motifs is 1. The first-order chi connectivity index (χ1) is 12.8. The number of benzene rings is 1. The minimum Gasteiger partial charge on any atom is -0.354 e. The fourth-order valence-corrected chi connectivity index (χ4v) is 3.87. The summed E-state index contributed by atoms with van der Waals surface area (Å²) in [6, 6.07) is 8.29. The van der Waals surface area contributed by atoms with E-state index in [0.29, 0.717) is 5.02 Å². The molecule has 0 bridgehead atoms. The molecule has 5 rings (SSSR count). The topological polar surface area (TPSA) is 58.9 Å². The van der Waals surface area contributed by atoms with Crippen molar-refractivity contribution in [3.05, 3.63) is 35.5 Å². The van der Waals surface area contributed by atoms with Gasteiger partial charge in [-0.1, -0.05) is 22.9 Å². The molecular weight excluding hydrogens is 348 g/mol. The van der Waals surface area contributed by atoms with Crippen molar-refractivity contribution in [3.8, 4) is 11.1 Å². The van der Waals surface area contributed by atoms with E-state index in [2.05, 4.69) is 43.7 Å². The number of nitrogens with zero attached hydrogens (tertiary/aromatic N) is 5. The lowest BCUT2D eigenvalue weighted by atomic mass is 10.1. The van der Waals surface area contributed by atoms with Crippen LogP contribution in [0.1, 0.15) is 12.8 Å². The second kappa shape index (κ2) is 6.52. The number of rotatable bonds is 4. The quantitative estimate of drug-likeness (QED) is 0.767. The molecule has 1 saturated heterocycles. The Morgan fingerprint density at radius 1 is 1.15 bits per heavy atom. The molecule has 6 nitrogen and oxygen atoms in total. The molecule has 26 heavy (non-hydrogen) atoms. The molecule has 0 radical (unpaired) electrons. The zero-order chi connectivity index (χ0) is 17.5. The van der Waals surface area contributed by atoms with Crippen LogP contribution >= 0.6 is 11.6 Å². The molecular formula is C19H21ClN6. The van der Waals surface area contributed by atoms with Crippen molar-refractivity contribution in [3.63, 3.8) is 0 Å². The highest BCUT2D eigenvalue weighted by Gasteiger charge is 2.24. The Morgan fingerprint density at radius 2 is 2.00 bits per heavy atom. The first-order valence-corrected chi connectivity index (χ1v) is 9.61. The molecule has 2 aromatic heterocycles. The summed E-state index contributed by atoms with van der Waals surface area (Å²) in [7, 11) is 0. The highest BCUT2D eigenvalue weighted by Crippen LogP contribution is 2.36. The van der Waals surface area contributed by atoms with Crippen molar-refractivity contribution >= 4 is 28.5 Å². The number of hydrogen-bond acceptors (Lipinski definition) is 5. The summed E-state index contributed by atoms with van der Waals surface area (Å²) in [6.45, 7) is 4.86. The van der Waals surface area contributed by atoms with Gasteiger partial charge in [0.2, 0.25) is 0 Å². The maximum atomic E-state index is 6.72. The van der Waals surface area contributed by atoms with Gasteiger partial charge >= 0.3 is 0 Å². The highest BCUT2D eigenvalue weighted by atomic mass is 35.5. The van der Waals surface area contributed by atoms with Crippen LogP contribution in [0.3, 0.4) is 0 Å². The SMILES string of the molecule is Clc1c(-c2ccnc(N3CCNCC3)c2)ccc2c1nnn2CC1CC1. The Hall–Kier alpha value is -2.18. The smallest absolute Gasteiger partial charge is 0.132 e. The van der Waals surface area contributed by atoms with Gasteiger partial charge in [0.15, 0.2) is 0 Å². The summed E-state index contributed by atoms with van der Waals surface area (Å²) in [5.41, 5.74) is 3.85. The number of piperazine rings is 1. The maximum Gasteiger partial charge on any atom is 0.132 e. The predicted octanol–water partition coefficient (Wildman–Crippen LogP) is 2.97. The van der Waals surface area contributed by atoms with Crippen molar-refractivity contribution in [2.75, 3.05) is 31.1 Å². The normalized spacial score (nSPS) is 17.8. The van der Waals surface area contributed by atoms with E-state index in [-0.39, 0.29) is 0 Å². The van der Waals surface area contributed by atoms with Gasteiger partial charge in [-0.3, -0.25) is 0 Å². The predicted molar refractivity (Wildman–Crippen MR) is 104 cm³/mol. The van der Waals surface area contributed by atoms with Gasteiger partial charge in [0.05, 0.1) is 10.5 Å². The summed E-state index contributed by atoms with van der Waals surface area (Å²) in [5.74, 6) is 1.75. The fraction of sp³-hybridized carbons (Fsp3) is 0.421. The molecule has 0 amide bonds. The lowest BCUT2D eigenvalue weighted by Crippen LogP contribution is -2.43. The van der Waals surface area contributed by atoms with E-state index in [1.807, 2.05) is 16.9 Å². The van der Waals surface area contributed by atoms with E-state index in [1.165, 1.54) is 12.8 Å². The number of halogens is 1. The average Bonchev–Trinajstić information content (AvgIpc) is 3.41. The van der Waals surface area contributed by atoms with Crippen molar-refractivity contribution in [1.29, 1.82) is 0 Å². The van der Waals surface area contributed by atoms with Crippen LogP contribution in [0.15, 0.2) is 30.5 Å². The number of anilines is 1. The summed E-state index contributed by atoms with van der Waals surface area (Å²) >= 11 is 6.72. The molecule has 134 valence electrons. The maximum absolute atomic E-state index is 6.72. The molecule has 1 N–H and O–H groups in total. The Kier molecular flexibility index (Phi) is 4.02. The van der Waals surface area contributed by atoms with Crippen LogP contribution in [0, 0.1) is 5.92 Å². The number of aromatic nitrogens is 4. The molecule has 3 aromatic rings. The molecule has 7 heteroatoms. The highest BCUT2D eigenvalue weighted by molar-refractivity contribution is 6.37. The minimum atomic E-state index is 0.669. The Bertz CT molecular complexity index is 942. The monoisotopic (exact) mass is 368 g/mol. The molecule has 1 aliphatic carbocycles. The lowest BCUT2D eigenvalue weighted by molar-refractivity contribution is 0.559. The molecule has 2 fully saturated rings. The van der Waals surface area contributed by atoms with Gasteiger partial charge in [0.1, 0.15) is 11.3 Å². The van der Waals surface area contributed by atoms with Crippen LogP contribution in [0.5, 0.6) is 0 Å². The summed E-state index contributed by atoms with van der Waals surface area (Å²) in [5, 5.41) is 12.7. The van der Waals surface area contributed by atoms with Gasteiger partial charge in [0, 0.05) is 44.5 Å². The van der Waals surface area contributed by atoms with Crippen LogP contribution in [0.2, 0.25) is 5.02 Å². The first-order valence-electron chi connectivity index (χ1n) is 9.23. The number of nitrogens with one attached hydrogen (secondary N) is 1. The van der Waals surface area contributed by atoms with Gasteiger partial charge in [0.25, 0.3) is 0 Å². The summed E-state index contributed by atoms with van der Waals surface area (Å²) < 4.78 is 1.99. The summed E-state index contributed by atoms with van der Waals surface area (Å²) in [6.07, 6.45) is 4.44. The van der Waals surface area contributed by atoms with E-state index in [9.17, 15) is 0 Å². The van der Waals surface area contributed by atoms with E-state index < -0.39 is 0 Å². The van der Waals surface area contributed by atoms with Gasteiger partial charge < -0.3 is 10.2 Å². The van der Waals surface area contributed by atoms with Gasteiger partial charge in [-0.2, -0.15) is 0 Å².